The first kappa shape index (κ1) is 14.4. The van der Waals surface area contributed by atoms with Crippen molar-refractivity contribution in [3.05, 3.63) is 16.1 Å². The summed E-state index contributed by atoms with van der Waals surface area (Å²) in [5, 5.41) is 13.6. The Morgan fingerprint density at radius 1 is 1.60 bits per heavy atom. The molecule has 7 nitrogen and oxygen atoms in total. The Balaban J connectivity index is 1.76. The number of carboxylic acids is 1. The Morgan fingerprint density at radius 2 is 2.35 bits per heavy atom. The molecule has 1 aromatic rings. The topological polar surface area (TPSA) is 99.6 Å². The summed E-state index contributed by atoms with van der Waals surface area (Å²) in [4.78, 5) is 39.3. The Bertz CT molecular complexity index is 543. The molecule has 2 heterocycles. The lowest BCUT2D eigenvalue weighted by Gasteiger charge is -2.10. The normalized spacial score (nSPS) is 18.4. The Morgan fingerprint density at radius 3 is 2.90 bits per heavy atom. The number of aromatic carboxylic acids is 1. The maximum Gasteiger partial charge on any atom is 0.355 e. The summed E-state index contributed by atoms with van der Waals surface area (Å²) in [5.74, 6) is -1.50. The highest BCUT2D eigenvalue weighted by Crippen LogP contribution is 2.16. The van der Waals surface area contributed by atoms with Crippen molar-refractivity contribution in [1.82, 2.24) is 15.2 Å². The third kappa shape index (κ3) is 3.32. The SMILES string of the molecule is CN1CC(C(=O)NCCc2nc(C(=O)O)cs2)CC1=O. The summed E-state index contributed by atoms with van der Waals surface area (Å²) in [6, 6.07) is 0. The first-order valence-corrected chi connectivity index (χ1v) is 7.04. The minimum absolute atomic E-state index is 0.0174. The number of hydrogen-bond donors (Lipinski definition) is 2. The predicted molar refractivity (Wildman–Crippen MR) is 71.5 cm³/mol. The standard InChI is InChI=1S/C12H15N3O4S/c1-15-5-7(4-10(15)16)11(17)13-3-2-9-14-8(6-20-9)12(18)19/h6-7H,2-5H2,1H3,(H,13,17)(H,18,19). The molecule has 1 unspecified atom stereocenters. The Hall–Kier alpha value is -1.96. The van der Waals surface area contributed by atoms with Crippen LogP contribution in [-0.4, -0.2) is 52.9 Å². The molecule has 2 rings (SSSR count). The molecule has 0 bridgehead atoms. The van der Waals surface area contributed by atoms with Crippen LogP contribution in [0.15, 0.2) is 5.38 Å². The fourth-order valence-corrected chi connectivity index (χ4v) is 2.77. The highest BCUT2D eigenvalue weighted by Gasteiger charge is 2.31. The number of amides is 2. The highest BCUT2D eigenvalue weighted by molar-refractivity contribution is 7.09. The van der Waals surface area contributed by atoms with E-state index >= 15 is 0 Å². The zero-order valence-electron chi connectivity index (χ0n) is 11.0. The quantitative estimate of drug-likeness (QED) is 0.795. The van der Waals surface area contributed by atoms with Crippen LogP contribution in [0.1, 0.15) is 21.9 Å². The highest BCUT2D eigenvalue weighted by atomic mass is 32.1. The van der Waals surface area contributed by atoms with E-state index in [0.29, 0.717) is 24.5 Å². The molecule has 0 radical (unpaired) electrons. The fraction of sp³-hybridized carbons (Fsp3) is 0.500. The molecule has 20 heavy (non-hydrogen) atoms. The predicted octanol–water partition coefficient (Wildman–Crippen LogP) is -0.0217. The van der Waals surface area contributed by atoms with Crippen LogP contribution in [0.2, 0.25) is 0 Å². The maximum absolute atomic E-state index is 11.8. The molecule has 2 amide bonds. The van der Waals surface area contributed by atoms with Gasteiger partial charge in [-0.15, -0.1) is 11.3 Å². The molecule has 1 fully saturated rings. The molecule has 1 atom stereocenters. The van der Waals surface area contributed by atoms with Crippen LogP contribution in [0.25, 0.3) is 0 Å². The van der Waals surface area contributed by atoms with Gasteiger partial charge in [-0.3, -0.25) is 9.59 Å². The number of carbonyl (C=O) groups is 3. The molecule has 0 aromatic carbocycles. The minimum atomic E-state index is -1.05. The van der Waals surface area contributed by atoms with Gasteiger partial charge in [0, 0.05) is 38.4 Å². The number of rotatable bonds is 5. The van der Waals surface area contributed by atoms with Crippen LogP contribution in [0, 0.1) is 5.92 Å². The van der Waals surface area contributed by atoms with Crippen molar-refractivity contribution < 1.29 is 19.5 Å². The van der Waals surface area contributed by atoms with Crippen LogP contribution in [0.3, 0.4) is 0 Å². The van der Waals surface area contributed by atoms with Crippen molar-refractivity contribution in [2.24, 2.45) is 5.92 Å². The number of thiazole rings is 1. The fourth-order valence-electron chi connectivity index (χ4n) is 2.00. The maximum atomic E-state index is 11.8. The van der Waals surface area contributed by atoms with Crippen LogP contribution < -0.4 is 5.32 Å². The monoisotopic (exact) mass is 297 g/mol. The van der Waals surface area contributed by atoms with Gasteiger partial charge in [0.1, 0.15) is 0 Å². The number of carboxylic acid groups (broad SMARTS) is 1. The first-order chi connectivity index (χ1) is 9.47. The van der Waals surface area contributed by atoms with Gasteiger partial charge in [-0.1, -0.05) is 0 Å². The van der Waals surface area contributed by atoms with E-state index in [1.54, 1.807) is 11.9 Å². The van der Waals surface area contributed by atoms with Gasteiger partial charge in [-0.25, -0.2) is 9.78 Å². The van der Waals surface area contributed by atoms with Gasteiger partial charge in [0.15, 0.2) is 5.69 Å². The number of carbonyl (C=O) groups excluding carboxylic acids is 2. The number of hydrogen-bond acceptors (Lipinski definition) is 5. The van der Waals surface area contributed by atoms with Crippen LogP contribution in [0.5, 0.6) is 0 Å². The van der Waals surface area contributed by atoms with Crippen molar-refractivity contribution in [2.75, 3.05) is 20.1 Å². The third-order valence-electron chi connectivity index (χ3n) is 3.12. The van der Waals surface area contributed by atoms with Gasteiger partial charge in [-0.2, -0.15) is 0 Å². The van der Waals surface area contributed by atoms with E-state index in [2.05, 4.69) is 10.3 Å². The molecule has 1 aliphatic heterocycles. The molecule has 0 saturated carbocycles. The summed E-state index contributed by atoms with van der Waals surface area (Å²) in [6.45, 7) is 0.838. The molecule has 1 saturated heterocycles. The second kappa shape index (κ2) is 6.00. The summed E-state index contributed by atoms with van der Waals surface area (Å²) in [6.07, 6.45) is 0.739. The molecular weight excluding hydrogens is 282 g/mol. The minimum Gasteiger partial charge on any atom is -0.476 e. The molecule has 8 heteroatoms. The van der Waals surface area contributed by atoms with Crippen LogP contribution >= 0.6 is 11.3 Å². The first-order valence-electron chi connectivity index (χ1n) is 6.16. The zero-order chi connectivity index (χ0) is 14.7. The van der Waals surface area contributed by atoms with Crippen LogP contribution in [-0.2, 0) is 16.0 Å². The van der Waals surface area contributed by atoms with E-state index in [0.717, 1.165) is 0 Å². The van der Waals surface area contributed by atoms with E-state index in [4.69, 9.17) is 5.11 Å². The van der Waals surface area contributed by atoms with Gasteiger partial charge in [0.25, 0.3) is 0 Å². The van der Waals surface area contributed by atoms with E-state index in [1.165, 1.54) is 16.7 Å². The van der Waals surface area contributed by atoms with Crippen molar-refractivity contribution in [2.45, 2.75) is 12.8 Å². The van der Waals surface area contributed by atoms with Gasteiger partial charge >= 0.3 is 5.97 Å². The molecule has 108 valence electrons. The molecule has 0 aliphatic carbocycles. The molecule has 1 aromatic heterocycles. The Kier molecular flexibility index (Phi) is 4.33. The van der Waals surface area contributed by atoms with Gasteiger partial charge < -0.3 is 15.3 Å². The van der Waals surface area contributed by atoms with Gasteiger partial charge in [0.2, 0.25) is 11.8 Å². The second-order valence-corrected chi connectivity index (χ2v) is 5.59. The van der Waals surface area contributed by atoms with E-state index in [9.17, 15) is 14.4 Å². The van der Waals surface area contributed by atoms with Crippen molar-refractivity contribution >= 4 is 29.1 Å². The summed E-state index contributed by atoms with van der Waals surface area (Å²) in [5.41, 5.74) is 0.0272. The molecule has 1 aliphatic rings. The average Bonchev–Trinajstić information content (AvgIpc) is 2.98. The number of nitrogens with one attached hydrogen (secondary N) is 1. The third-order valence-corrected chi connectivity index (χ3v) is 4.03. The average molecular weight is 297 g/mol. The number of likely N-dealkylation sites (tertiary alicyclic amines) is 1. The second-order valence-electron chi connectivity index (χ2n) is 4.65. The summed E-state index contributed by atoms with van der Waals surface area (Å²) in [7, 11) is 1.68. The van der Waals surface area contributed by atoms with E-state index in [-0.39, 0.29) is 29.8 Å². The summed E-state index contributed by atoms with van der Waals surface area (Å²) < 4.78 is 0. The lowest BCUT2D eigenvalue weighted by atomic mass is 10.1. The van der Waals surface area contributed by atoms with Crippen molar-refractivity contribution in [1.29, 1.82) is 0 Å². The van der Waals surface area contributed by atoms with Gasteiger partial charge in [0.05, 0.1) is 10.9 Å². The molecule has 0 spiro atoms. The zero-order valence-corrected chi connectivity index (χ0v) is 11.8. The van der Waals surface area contributed by atoms with Crippen LogP contribution in [0.4, 0.5) is 0 Å². The largest absolute Gasteiger partial charge is 0.476 e. The lowest BCUT2D eigenvalue weighted by molar-refractivity contribution is -0.128. The van der Waals surface area contributed by atoms with E-state index in [1.807, 2.05) is 0 Å². The smallest absolute Gasteiger partial charge is 0.355 e. The number of nitrogens with zero attached hydrogens (tertiary/aromatic N) is 2. The van der Waals surface area contributed by atoms with Crippen molar-refractivity contribution in [3.8, 4) is 0 Å². The van der Waals surface area contributed by atoms with E-state index < -0.39 is 5.97 Å². The number of aromatic nitrogens is 1. The van der Waals surface area contributed by atoms with Crippen molar-refractivity contribution in [3.63, 3.8) is 0 Å². The molecular formula is C12H15N3O4S. The van der Waals surface area contributed by atoms with Gasteiger partial charge in [-0.05, 0) is 0 Å². The summed E-state index contributed by atoms with van der Waals surface area (Å²) >= 11 is 1.26. The molecule has 2 N–H and O–H groups in total. The lowest BCUT2D eigenvalue weighted by Crippen LogP contribution is -2.33. The Labute approximate surface area is 119 Å².